The fourth-order valence-electron chi connectivity index (χ4n) is 2.28. The highest BCUT2D eigenvalue weighted by Gasteiger charge is 2.14. The van der Waals surface area contributed by atoms with Gasteiger partial charge in [0.05, 0.1) is 5.69 Å². The second-order valence-corrected chi connectivity index (χ2v) is 4.81. The molecule has 0 unspecified atom stereocenters. The van der Waals surface area contributed by atoms with Crippen molar-refractivity contribution in [3.63, 3.8) is 0 Å². The molecule has 0 fully saturated rings. The maximum atomic E-state index is 12.0. The van der Waals surface area contributed by atoms with E-state index >= 15 is 0 Å². The lowest BCUT2D eigenvalue weighted by atomic mass is 10.0. The van der Waals surface area contributed by atoms with E-state index in [0.717, 1.165) is 24.1 Å². The van der Waals surface area contributed by atoms with E-state index in [2.05, 4.69) is 10.4 Å². The fraction of sp³-hybridized carbons (Fsp3) is 0.375. The zero-order chi connectivity index (χ0) is 14.4. The molecule has 4 nitrogen and oxygen atoms in total. The summed E-state index contributed by atoms with van der Waals surface area (Å²) in [5.74, 6) is 0.233. The van der Waals surface area contributed by atoms with Crippen LogP contribution < -0.4 is 5.32 Å². The maximum absolute atomic E-state index is 12.0. The number of benzene rings is 1. The lowest BCUT2D eigenvalue weighted by Crippen LogP contribution is -2.30. The van der Waals surface area contributed by atoms with E-state index in [-0.39, 0.29) is 11.8 Å². The molecular weight excluding hydrogens is 250 g/mol. The van der Waals surface area contributed by atoms with Gasteiger partial charge in [-0.15, -0.1) is 0 Å². The largest absolute Gasteiger partial charge is 0.352 e. The van der Waals surface area contributed by atoms with E-state index in [1.54, 1.807) is 6.20 Å². The third-order valence-corrected chi connectivity index (χ3v) is 3.55. The molecule has 20 heavy (non-hydrogen) atoms. The van der Waals surface area contributed by atoms with Gasteiger partial charge in [-0.05, 0) is 30.5 Å². The van der Waals surface area contributed by atoms with Crippen molar-refractivity contribution in [3.8, 4) is 5.69 Å². The lowest BCUT2D eigenvalue weighted by Gasteiger charge is -2.14. The highest BCUT2D eigenvalue weighted by Crippen LogP contribution is 2.14. The maximum Gasteiger partial charge on any atom is 0.223 e. The molecule has 2 aromatic rings. The van der Waals surface area contributed by atoms with Gasteiger partial charge < -0.3 is 5.32 Å². The second-order valence-electron chi connectivity index (χ2n) is 4.81. The monoisotopic (exact) mass is 271 g/mol. The first-order chi connectivity index (χ1) is 9.76. The summed E-state index contributed by atoms with van der Waals surface area (Å²) in [4.78, 5) is 12.0. The summed E-state index contributed by atoms with van der Waals surface area (Å²) < 4.78 is 1.82. The second kappa shape index (κ2) is 6.89. The number of nitrogens with zero attached hydrogens (tertiary/aromatic N) is 2. The normalized spacial score (nSPS) is 10.8. The summed E-state index contributed by atoms with van der Waals surface area (Å²) in [6, 6.07) is 9.87. The minimum absolute atomic E-state index is 0.104. The Hall–Kier alpha value is -2.10. The molecular formula is C16H21N3O. The predicted molar refractivity (Wildman–Crippen MR) is 79.5 cm³/mol. The first-order valence-electron chi connectivity index (χ1n) is 7.11. The van der Waals surface area contributed by atoms with E-state index in [9.17, 15) is 4.79 Å². The summed E-state index contributed by atoms with van der Waals surface area (Å²) in [5, 5.41) is 7.27. The van der Waals surface area contributed by atoms with Crippen molar-refractivity contribution in [1.29, 1.82) is 0 Å². The van der Waals surface area contributed by atoms with E-state index < -0.39 is 0 Å². The highest BCUT2D eigenvalue weighted by atomic mass is 16.1. The van der Waals surface area contributed by atoms with E-state index in [4.69, 9.17) is 0 Å². The molecule has 4 heteroatoms. The Morgan fingerprint density at radius 1 is 1.25 bits per heavy atom. The van der Waals surface area contributed by atoms with Gasteiger partial charge in [0.25, 0.3) is 0 Å². The van der Waals surface area contributed by atoms with Gasteiger partial charge in [-0.25, -0.2) is 4.68 Å². The van der Waals surface area contributed by atoms with Gasteiger partial charge >= 0.3 is 0 Å². The molecule has 0 radical (unpaired) electrons. The third kappa shape index (κ3) is 3.26. The molecule has 0 aliphatic heterocycles. The summed E-state index contributed by atoms with van der Waals surface area (Å²) in [5.41, 5.74) is 2.07. The average Bonchev–Trinajstić information content (AvgIpc) is 3.01. The summed E-state index contributed by atoms with van der Waals surface area (Å²) >= 11 is 0. The first-order valence-corrected chi connectivity index (χ1v) is 7.11. The molecule has 0 atom stereocenters. The Morgan fingerprint density at radius 2 is 2.00 bits per heavy atom. The number of rotatable bonds is 6. The molecule has 1 aromatic heterocycles. The van der Waals surface area contributed by atoms with Crippen LogP contribution in [0.1, 0.15) is 32.3 Å². The molecule has 1 amide bonds. The Kier molecular flexibility index (Phi) is 4.93. The molecule has 0 saturated carbocycles. The average molecular weight is 271 g/mol. The van der Waals surface area contributed by atoms with Crippen molar-refractivity contribution in [2.24, 2.45) is 5.92 Å². The Balaban J connectivity index is 2.09. The van der Waals surface area contributed by atoms with Gasteiger partial charge in [0.2, 0.25) is 5.91 Å². The van der Waals surface area contributed by atoms with Crippen LogP contribution in [0.4, 0.5) is 0 Å². The number of aromatic nitrogens is 2. The van der Waals surface area contributed by atoms with E-state index in [1.807, 2.05) is 55.1 Å². The fourth-order valence-corrected chi connectivity index (χ4v) is 2.28. The van der Waals surface area contributed by atoms with Crippen LogP contribution in [0.25, 0.3) is 5.69 Å². The van der Waals surface area contributed by atoms with Crippen molar-refractivity contribution in [2.75, 3.05) is 0 Å². The standard InChI is InChI=1S/C16H21N3O/c1-3-13(4-2)16(20)17-12-14-8-5-6-9-15(14)19-11-7-10-18-19/h5-11,13H,3-4,12H2,1-2H3,(H,17,20). The SMILES string of the molecule is CCC(CC)C(=O)NCc1ccccc1-n1cccn1. The van der Waals surface area contributed by atoms with Crippen molar-refractivity contribution < 1.29 is 4.79 Å². The quantitative estimate of drug-likeness (QED) is 0.878. The molecule has 0 saturated heterocycles. The van der Waals surface area contributed by atoms with Crippen molar-refractivity contribution >= 4 is 5.91 Å². The van der Waals surface area contributed by atoms with Crippen LogP contribution in [-0.4, -0.2) is 15.7 Å². The van der Waals surface area contributed by atoms with Crippen molar-refractivity contribution in [2.45, 2.75) is 33.2 Å². The zero-order valence-electron chi connectivity index (χ0n) is 12.0. The van der Waals surface area contributed by atoms with Gasteiger partial charge in [0.1, 0.15) is 0 Å². The summed E-state index contributed by atoms with van der Waals surface area (Å²) in [6.07, 6.45) is 5.41. The molecule has 0 aliphatic carbocycles. The van der Waals surface area contributed by atoms with Crippen LogP contribution in [0.3, 0.4) is 0 Å². The minimum atomic E-state index is 0.104. The van der Waals surface area contributed by atoms with Crippen molar-refractivity contribution in [3.05, 3.63) is 48.3 Å². The van der Waals surface area contributed by atoms with Gasteiger partial charge in [0, 0.05) is 24.9 Å². The first kappa shape index (κ1) is 14.3. The number of nitrogens with one attached hydrogen (secondary N) is 1. The summed E-state index contributed by atoms with van der Waals surface area (Å²) in [6.45, 7) is 4.63. The number of carbonyl (C=O) groups is 1. The lowest BCUT2D eigenvalue weighted by molar-refractivity contribution is -0.125. The third-order valence-electron chi connectivity index (χ3n) is 3.55. The Morgan fingerprint density at radius 3 is 2.65 bits per heavy atom. The number of carbonyl (C=O) groups excluding carboxylic acids is 1. The van der Waals surface area contributed by atoms with Crippen LogP contribution in [0, 0.1) is 5.92 Å². The van der Waals surface area contributed by atoms with Crippen LogP contribution in [0.15, 0.2) is 42.7 Å². The molecule has 0 bridgehead atoms. The number of hydrogen-bond donors (Lipinski definition) is 1. The number of para-hydroxylation sites is 1. The zero-order valence-corrected chi connectivity index (χ0v) is 12.0. The van der Waals surface area contributed by atoms with Crippen LogP contribution in [0.2, 0.25) is 0 Å². The van der Waals surface area contributed by atoms with E-state index in [1.165, 1.54) is 0 Å². The molecule has 1 heterocycles. The molecule has 1 aromatic carbocycles. The smallest absolute Gasteiger partial charge is 0.223 e. The Labute approximate surface area is 119 Å². The number of amides is 1. The van der Waals surface area contributed by atoms with Gasteiger partial charge in [0.15, 0.2) is 0 Å². The topological polar surface area (TPSA) is 46.9 Å². The van der Waals surface area contributed by atoms with Crippen LogP contribution >= 0.6 is 0 Å². The summed E-state index contributed by atoms with van der Waals surface area (Å²) in [7, 11) is 0. The van der Waals surface area contributed by atoms with Crippen LogP contribution in [-0.2, 0) is 11.3 Å². The van der Waals surface area contributed by atoms with Gasteiger partial charge in [-0.3, -0.25) is 4.79 Å². The Bertz CT molecular complexity index is 545. The van der Waals surface area contributed by atoms with Gasteiger partial charge in [-0.2, -0.15) is 5.10 Å². The molecule has 106 valence electrons. The highest BCUT2D eigenvalue weighted by molar-refractivity contribution is 5.78. The number of hydrogen-bond acceptors (Lipinski definition) is 2. The molecule has 0 aliphatic rings. The molecule has 2 rings (SSSR count). The van der Waals surface area contributed by atoms with Crippen molar-refractivity contribution in [1.82, 2.24) is 15.1 Å². The van der Waals surface area contributed by atoms with E-state index in [0.29, 0.717) is 6.54 Å². The van der Waals surface area contributed by atoms with Gasteiger partial charge in [-0.1, -0.05) is 32.0 Å². The van der Waals surface area contributed by atoms with Crippen LogP contribution in [0.5, 0.6) is 0 Å². The molecule has 1 N–H and O–H groups in total. The predicted octanol–water partition coefficient (Wildman–Crippen LogP) is 2.92. The minimum Gasteiger partial charge on any atom is -0.352 e. The molecule has 0 spiro atoms.